The maximum absolute atomic E-state index is 6.14. The minimum absolute atomic E-state index is 0.305. The van der Waals surface area contributed by atoms with Gasteiger partial charge in [-0.2, -0.15) is 0 Å². The normalized spacial score (nSPS) is 17.9. The summed E-state index contributed by atoms with van der Waals surface area (Å²) in [5, 5.41) is 0.552. The quantitative estimate of drug-likeness (QED) is 0.751. The van der Waals surface area contributed by atoms with Gasteiger partial charge < -0.3 is 4.90 Å². The number of halogens is 1. The van der Waals surface area contributed by atoms with Crippen LogP contribution in [0.2, 0.25) is 5.15 Å². The van der Waals surface area contributed by atoms with Crippen LogP contribution < -0.4 is 4.90 Å². The second-order valence-electron chi connectivity index (χ2n) is 7.19. The lowest BCUT2D eigenvalue weighted by molar-refractivity contribution is 0.198. The molecule has 1 saturated heterocycles. The van der Waals surface area contributed by atoms with E-state index in [1.165, 1.54) is 12.8 Å². The van der Waals surface area contributed by atoms with Crippen molar-refractivity contribution >= 4 is 17.4 Å². The summed E-state index contributed by atoms with van der Waals surface area (Å²) in [6.07, 6.45) is 2.45. The van der Waals surface area contributed by atoms with Gasteiger partial charge in [0, 0.05) is 25.1 Å². The van der Waals surface area contributed by atoms with Gasteiger partial charge in [-0.15, -0.1) is 0 Å². The molecule has 4 heteroatoms. The van der Waals surface area contributed by atoms with Crippen LogP contribution in [-0.2, 0) is 0 Å². The molecule has 1 aromatic rings. The first-order chi connectivity index (χ1) is 9.27. The highest BCUT2D eigenvalue weighted by atomic mass is 35.5. The lowest BCUT2D eigenvalue weighted by Gasteiger charge is -2.39. The third-order valence-corrected chi connectivity index (χ3v) is 4.45. The molecule has 0 radical (unpaired) electrons. The van der Waals surface area contributed by atoms with E-state index in [1.54, 1.807) is 0 Å². The maximum atomic E-state index is 6.14. The zero-order valence-electron chi connectivity index (χ0n) is 13.3. The number of anilines is 1. The van der Waals surface area contributed by atoms with Gasteiger partial charge in [0.2, 0.25) is 0 Å². The van der Waals surface area contributed by atoms with Gasteiger partial charge in [-0.3, -0.25) is 0 Å². The molecule has 0 amide bonds. The summed E-state index contributed by atoms with van der Waals surface area (Å²) in [7, 11) is 0. The number of nitrogens with zero attached hydrogens (tertiary/aromatic N) is 3. The van der Waals surface area contributed by atoms with Gasteiger partial charge in [0.15, 0.2) is 0 Å². The molecular weight excluding hydrogens is 270 g/mol. The summed E-state index contributed by atoms with van der Waals surface area (Å²) in [6.45, 7) is 13.3. The first-order valence-corrected chi connectivity index (χ1v) is 7.94. The molecule has 0 saturated carbocycles. The van der Waals surface area contributed by atoms with Crippen LogP contribution in [0.1, 0.15) is 59.2 Å². The molecule has 1 fully saturated rings. The molecule has 0 aromatic carbocycles. The number of rotatable bonds is 2. The SMILES string of the molecule is CC(C)c1nc(Cl)cc(N2CCC(C(C)(C)C)CC2)n1. The van der Waals surface area contributed by atoms with Crippen LogP contribution in [0.15, 0.2) is 6.07 Å². The summed E-state index contributed by atoms with van der Waals surface area (Å²) in [5.41, 5.74) is 0.401. The minimum Gasteiger partial charge on any atom is -0.356 e. The monoisotopic (exact) mass is 295 g/mol. The van der Waals surface area contributed by atoms with E-state index in [0.29, 0.717) is 16.5 Å². The fraction of sp³-hybridized carbons (Fsp3) is 0.750. The maximum Gasteiger partial charge on any atom is 0.135 e. The summed E-state index contributed by atoms with van der Waals surface area (Å²) < 4.78 is 0. The first kappa shape index (κ1) is 15.6. The number of hydrogen-bond donors (Lipinski definition) is 0. The third-order valence-electron chi connectivity index (χ3n) is 4.26. The van der Waals surface area contributed by atoms with E-state index >= 15 is 0 Å². The number of hydrogen-bond acceptors (Lipinski definition) is 3. The first-order valence-electron chi connectivity index (χ1n) is 7.57. The van der Waals surface area contributed by atoms with Crippen molar-refractivity contribution in [2.45, 2.75) is 53.4 Å². The Morgan fingerprint density at radius 3 is 2.30 bits per heavy atom. The molecule has 2 rings (SSSR count). The van der Waals surface area contributed by atoms with Crippen molar-refractivity contribution in [3.63, 3.8) is 0 Å². The molecule has 1 aliphatic rings. The van der Waals surface area contributed by atoms with Crippen LogP contribution in [0, 0.1) is 11.3 Å². The summed E-state index contributed by atoms with van der Waals surface area (Å²) in [6, 6.07) is 1.89. The van der Waals surface area contributed by atoms with Crippen LogP contribution in [0.25, 0.3) is 0 Å². The van der Waals surface area contributed by atoms with Gasteiger partial charge >= 0.3 is 0 Å². The molecular formula is C16H26ClN3. The largest absolute Gasteiger partial charge is 0.356 e. The standard InChI is InChI=1S/C16H26ClN3/c1-11(2)15-18-13(17)10-14(19-15)20-8-6-12(7-9-20)16(3,4)5/h10-12H,6-9H2,1-5H3. The molecule has 3 nitrogen and oxygen atoms in total. The van der Waals surface area contributed by atoms with E-state index in [9.17, 15) is 0 Å². The highest BCUT2D eigenvalue weighted by Gasteiger charge is 2.29. The second-order valence-corrected chi connectivity index (χ2v) is 7.58. The zero-order chi connectivity index (χ0) is 14.9. The van der Waals surface area contributed by atoms with E-state index in [0.717, 1.165) is 30.6 Å². The average Bonchev–Trinajstić information content (AvgIpc) is 2.37. The molecule has 20 heavy (non-hydrogen) atoms. The molecule has 0 N–H and O–H groups in total. The molecule has 0 spiro atoms. The van der Waals surface area contributed by atoms with Crippen LogP contribution >= 0.6 is 11.6 Å². The molecule has 1 aromatic heterocycles. The number of aromatic nitrogens is 2. The number of piperidine rings is 1. The van der Waals surface area contributed by atoms with Gasteiger partial charge in [0.25, 0.3) is 0 Å². The van der Waals surface area contributed by atoms with Crippen molar-refractivity contribution in [1.29, 1.82) is 0 Å². The Morgan fingerprint density at radius 1 is 1.20 bits per heavy atom. The van der Waals surface area contributed by atoms with E-state index in [-0.39, 0.29) is 0 Å². The zero-order valence-corrected chi connectivity index (χ0v) is 14.0. The van der Waals surface area contributed by atoms with Crippen molar-refractivity contribution in [3.05, 3.63) is 17.0 Å². The van der Waals surface area contributed by atoms with Crippen LogP contribution in [0.5, 0.6) is 0 Å². The fourth-order valence-corrected chi connectivity index (χ4v) is 3.00. The van der Waals surface area contributed by atoms with Gasteiger partial charge in [-0.1, -0.05) is 46.2 Å². The Kier molecular flexibility index (Phi) is 4.58. The predicted molar refractivity (Wildman–Crippen MR) is 85.5 cm³/mol. The lowest BCUT2D eigenvalue weighted by atomic mass is 9.75. The Hall–Kier alpha value is -0.830. The minimum atomic E-state index is 0.305. The van der Waals surface area contributed by atoms with Crippen molar-refractivity contribution in [2.24, 2.45) is 11.3 Å². The van der Waals surface area contributed by atoms with Crippen LogP contribution in [0.4, 0.5) is 5.82 Å². The molecule has 1 aliphatic heterocycles. The van der Waals surface area contributed by atoms with E-state index in [1.807, 2.05) is 6.07 Å². The Balaban J connectivity index is 2.11. The Labute approximate surface area is 127 Å². The second kappa shape index (κ2) is 5.88. The van der Waals surface area contributed by atoms with Crippen LogP contribution in [0.3, 0.4) is 0 Å². The average molecular weight is 296 g/mol. The van der Waals surface area contributed by atoms with Crippen molar-refractivity contribution in [2.75, 3.05) is 18.0 Å². The Bertz CT molecular complexity index is 457. The molecule has 0 atom stereocenters. The van der Waals surface area contributed by atoms with E-state index in [2.05, 4.69) is 49.5 Å². The summed E-state index contributed by atoms with van der Waals surface area (Å²) in [5.74, 6) is 2.92. The van der Waals surface area contributed by atoms with Crippen molar-refractivity contribution < 1.29 is 0 Å². The van der Waals surface area contributed by atoms with Crippen molar-refractivity contribution in [3.8, 4) is 0 Å². The van der Waals surface area contributed by atoms with Gasteiger partial charge in [0.05, 0.1) is 0 Å². The molecule has 0 bridgehead atoms. The van der Waals surface area contributed by atoms with E-state index < -0.39 is 0 Å². The Morgan fingerprint density at radius 2 is 1.80 bits per heavy atom. The fourth-order valence-electron chi connectivity index (χ4n) is 2.82. The summed E-state index contributed by atoms with van der Waals surface area (Å²) >= 11 is 6.14. The molecule has 0 aliphatic carbocycles. The third kappa shape index (κ3) is 3.63. The molecule has 112 valence electrons. The topological polar surface area (TPSA) is 29.0 Å². The molecule has 2 heterocycles. The highest BCUT2D eigenvalue weighted by Crippen LogP contribution is 2.35. The highest BCUT2D eigenvalue weighted by molar-refractivity contribution is 6.29. The van der Waals surface area contributed by atoms with Gasteiger partial charge in [0.1, 0.15) is 16.8 Å². The van der Waals surface area contributed by atoms with Crippen LogP contribution in [-0.4, -0.2) is 23.1 Å². The lowest BCUT2D eigenvalue weighted by Crippen LogP contribution is -2.38. The smallest absolute Gasteiger partial charge is 0.135 e. The predicted octanol–water partition coefficient (Wildman–Crippen LogP) is 4.52. The molecule has 0 unspecified atom stereocenters. The van der Waals surface area contributed by atoms with Crippen molar-refractivity contribution in [1.82, 2.24) is 9.97 Å². The van der Waals surface area contributed by atoms with E-state index in [4.69, 9.17) is 11.6 Å². The van der Waals surface area contributed by atoms with Gasteiger partial charge in [-0.25, -0.2) is 9.97 Å². The van der Waals surface area contributed by atoms with Gasteiger partial charge in [-0.05, 0) is 24.2 Å². The summed E-state index contributed by atoms with van der Waals surface area (Å²) in [4.78, 5) is 11.3.